The number of fused-ring (bicyclic) bond motifs is 1. The lowest BCUT2D eigenvalue weighted by atomic mass is 10.2. The average molecular weight is 457 g/mol. The summed E-state index contributed by atoms with van der Waals surface area (Å²) in [7, 11) is -8.53. The van der Waals surface area contributed by atoms with Crippen LogP contribution in [0.15, 0.2) is 87.1 Å². The fourth-order valence-corrected chi connectivity index (χ4v) is 5.76. The number of carbonyl (C=O) groups excluding carboxylic acids is 1. The van der Waals surface area contributed by atoms with E-state index in [4.69, 9.17) is 9.56 Å². The third-order valence-electron chi connectivity index (χ3n) is 4.58. The van der Waals surface area contributed by atoms with Crippen LogP contribution in [0.4, 0.5) is 0 Å². The van der Waals surface area contributed by atoms with Gasteiger partial charge in [0.2, 0.25) is 10.0 Å². The van der Waals surface area contributed by atoms with Gasteiger partial charge in [-0.1, -0.05) is 30.3 Å². The topological polar surface area (TPSA) is 137 Å². The summed E-state index contributed by atoms with van der Waals surface area (Å²) in [6.45, 7) is 0. The number of pyridine rings is 1. The number of benzene rings is 2. The number of para-hydroxylation sites is 1. The molecule has 158 valence electrons. The maximum absolute atomic E-state index is 12.7. The summed E-state index contributed by atoms with van der Waals surface area (Å²) in [4.78, 5) is 15.7. The Hall–Kier alpha value is -3.34. The number of sulfonamides is 1. The fraction of sp³-hybridized carbons (Fsp3) is 0.0476. The largest absolute Gasteiger partial charge is 0.454 e. The standard InChI is InChI=1S/C21H16N2O6S2/c22-31(27,28)21-8-4-3-7-20(21)30(25,26)13-17(24)15-9-10-16(23-12-15)19-11-14-5-1-2-6-18(14)29-19/h1-12H,13H2,(H2,22,27,28). The van der Waals surface area contributed by atoms with E-state index in [1.807, 2.05) is 30.3 Å². The average Bonchev–Trinajstić information content (AvgIpc) is 3.17. The minimum Gasteiger partial charge on any atom is -0.454 e. The van der Waals surface area contributed by atoms with Crippen molar-refractivity contribution in [3.8, 4) is 11.5 Å². The first-order valence-electron chi connectivity index (χ1n) is 8.98. The monoisotopic (exact) mass is 456 g/mol. The Bertz CT molecular complexity index is 1470. The molecule has 0 aliphatic heterocycles. The number of nitrogens with zero attached hydrogens (tertiary/aromatic N) is 1. The van der Waals surface area contributed by atoms with Gasteiger partial charge in [-0.05, 0) is 36.4 Å². The second-order valence-electron chi connectivity index (χ2n) is 6.75. The SMILES string of the molecule is NS(=O)(=O)c1ccccc1S(=O)(=O)CC(=O)c1ccc(-c2cc3ccccc3o2)nc1. The maximum Gasteiger partial charge on any atom is 0.239 e. The first-order valence-corrected chi connectivity index (χ1v) is 12.2. The van der Waals surface area contributed by atoms with Crippen LogP contribution in [0.5, 0.6) is 0 Å². The van der Waals surface area contributed by atoms with E-state index in [9.17, 15) is 21.6 Å². The number of primary sulfonamides is 1. The third kappa shape index (κ3) is 4.26. The highest BCUT2D eigenvalue weighted by Crippen LogP contribution is 2.27. The van der Waals surface area contributed by atoms with Crippen molar-refractivity contribution in [3.63, 3.8) is 0 Å². The fourth-order valence-electron chi connectivity index (χ4n) is 3.09. The zero-order valence-electron chi connectivity index (χ0n) is 15.9. The molecule has 0 fully saturated rings. The van der Waals surface area contributed by atoms with Crippen LogP contribution in [-0.2, 0) is 19.9 Å². The smallest absolute Gasteiger partial charge is 0.239 e. The molecule has 0 aliphatic carbocycles. The Balaban J connectivity index is 1.59. The molecule has 4 rings (SSSR count). The van der Waals surface area contributed by atoms with Crippen molar-refractivity contribution < 1.29 is 26.0 Å². The molecule has 0 amide bonds. The first kappa shape index (κ1) is 20.9. The minimum atomic E-state index is -4.28. The number of nitrogens with two attached hydrogens (primary N) is 1. The Kier molecular flexibility index (Phi) is 5.21. The molecular formula is C21H16N2O6S2. The van der Waals surface area contributed by atoms with Crippen LogP contribution >= 0.6 is 0 Å². The summed E-state index contributed by atoms with van der Waals surface area (Å²) in [6, 6.07) is 17.1. The molecule has 4 aromatic rings. The molecular weight excluding hydrogens is 440 g/mol. The highest BCUT2D eigenvalue weighted by Gasteiger charge is 2.27. The number of Topliss-reactive ketones (excluding diaryl/α,β-unsaturated/α-hetero) is 1. The molecule has 2 N–H and O–H groups in total. The first-order chi connectivity index (χ1) is 14.6. The van der Waals surface area contributed by atoms with E-state index >= 15 is 0 Å². The van der Waals surface area contributed by atoms with E-state index in [2.05, 4.69) is 4.98 Å². The van der Waals surface area contributed by atoms with Gasteiger partial charge in [0.1, 0.15) is 21.9 Å². The van der Waals surface area contributed by atoms with Crippen LogP contribution < -0.4 is 5.14 Å². The molecule has 0 unspecified atom stereocenters. The van der Waals surface area contributed by atoms with Gasteiger partial charge < -0.3 is 4.42 Å². The van der Waals surface area contributed by atoms with E-state index in [0.717, 1.165) is 17.5 Å². The van der Waals surface area contributed by atoms with Crippen molar-refractivity contribution in [2.45, 2.75) is 9.79 Å². The molecule has 0 radical (unpaired) electrons. The van der Waals surface area contributed by atoms with Crippen molar-refractivity contribution in [1.29, 1.82) is 0 Å². The van der Waals surface area contributed by atoms with E-state index in [1.54, 1.807) is 6.07 Å². The zero-order chi connectivity index (χ0) is 22.2. The van der Waals surface area contributed by atoms with Gasteiger partial charge in [-0.15, -0.1) is 0 Å². The zero-order valence-corrected chi connectivity index (χ0v) is 17.6. The lowest BCUT2D eigenvalue weighted by molar-refractivity contribution is 0.102. The van der Waals surface area contributed by atoms with Gasteiger partial charge in [0, 0.05) is 17.1 Å². The molecule has 2 aromatic heterocycles. The number of carbonyl (C=O) groups is 1. The van der Waals surface area contributed by atoms with Gasteiger partial charge in [-0.25, -0.2) is 22.0 Å². The lowest BCUT2D eigenvalue weighted by Gasteiger charge is -2.08. The quantitative estimate of drug-likeness (QED) is 0.440. The third-order valence-corrected chi connectivity index (χ3v) is 7.34. The molecule has 2 aromatic carbocycles. The predicted octanol–water partition coefficient (Wildman–Crippen LogP) is 2.80. The highest BCUT2D eigenvalue weighted by atomic mass is 32.2. The van der Waals surface area contributed by atoms with Crippen LogP contribution in [0.1, 0.15) is 10.4 Å². The maximum atomic E-state index is 12.7. The molecule has 2 heterocycles. The number of rotatable bonds is 6. The summed E-state index contributed by atoms with van der Waals surface area (Å²) in [5, 5.41) is 6.00. The highest BCUT2D eigenvalue weighted by molar-refractivity contribution is 7.94. The molecule has 0 saturated carbocycles. The Morgan fingerprint density at radius 3 is 2.23 bits per heavy atom. The molecule has 31 heavy (non-hydrogen) atoms. The Morgan fingerprint density at radius 1 is 0.903 bits per heavy atom. The summed E-state index contributed by atoms with van der Waals surface area (Å²) in [5.74, 6) is -1.15. The number of sulfone groups is 1. The lowest BCUT2D eigenvalue weighted by Crippen LogP contribution is -2.21. The number of hydrogen-bond acceptors (Lipinski definition) is 7. The van der Waals surface area contributed by atoms with Crippen molar-refractivity contribution in [1.82, 2.24) is 4.98 Å². The van der Waals surface area contributed by atoms with Gasteiger partial charge >= 0.3 is 0 Å². The summed E-state index contributed by atoms with van der Waals surface area (Å²) in [6.07, 6.45) is 1.26. The molecule has 8 nitrogen and oxygen atoms in total. The Morgan fingerprint density at radius 2 is 1.58 bits per heavy atom. The number of ketones is 1. The van der Waals surface area contributed by atoms with Crippen LogP contribution in [-0.4, -0.2) is 33.4 Å². The Labute approximate surface area is 178 Å². The molecule has 0 bridgehead atoms. The summed E-state index contributed by atoms with van der Waals surface area (Å²) < 4.78 is 54.5. The van der Waals surface area contributed by atoms with Gasteiger partial charge in [0.05, 0.1) is 4.90 Å². The van der Waals surface area contributed by atoms with E-state index in [-0.39, 0.29) is 5.56 Å². The van der Waals surface area contributed by atoms with Crippen LogP contribution in [0.3, 0.4) is 0 Å². The summed E-state index contributed by atoms with van der Waals surface area (Å²) >= 11 is 0. The van der Waals surface area contributed by atoms with Gasteiger partial charge in [0.25, 0.3) is 0 Å². The molecule has 10 heteroatoms. The molecule has 0 aliphatic rings. The van der Waals surface area contributed by atoms with Gasteiger partial charge in [-0.2, -0.15) is 0 Å². The van der Waals surface area contributed by atoms with Gasteiger partial charge in [0.15, 0.2) is 21.4 Å². The molecule has 0 saturated heterocycles. The molecule has 0 spiro atoms. The van der Waals surface area contributed by atoms with Gasteiger partial charge in [-0.3, -0.25) is 9.78 Å². The van der Waals surface area contributed by atoms with E-state index < -0.39 is 41.2 Å². The normalized spacial score (nSPS) is 12.2. The van der Waals surface area contributed by atoms with Crippen molar-refractivity contribution in [3.05, 3.63) is 78.5 Å². The van der Waals surface area contributed by atoms with Crippen molar-refractivity contribution in [2.24, 2.45) is 5.14 Å². The van der Waals surface area contributed by atoms with Crippen LogP contribution in [0.2, 0.25) is 0 Å². The van der Waals surface area contributed by atoms with Crippen LogP contribution in [0, 0.1) is 0 Å². The molecule has 0 atom stereocenters. The second kappa shape index (κ2) is 7.73. The van der Waals surface area contributed by atoms with Crippen molar-refractivity contribution >= 4 is 36.6 Å². The van der Waals surface area contributed by atoms with Crippen molar-refractivity contribution in [2.75, 3.05) is 5.75 Å². The number of hydrogen-bond donors (Lipinski definition) is 1. The second-order valence-corrected chi connectivity index (χ2v) is 10.2. The summed E-state index contributed by atoms with van der Waals surface area (Å²) in [5.41, 5.74) is 1.24. The van der Waals surface area contributed by atoms with E-state index in [1.165, 1.54) is 24.4 Å². The minimum absolute atomic E-state index is 0.0662. The van der Waals surface area contributed by atoms with E-state index in [0.29, 0.717) is 17.0 Å². The van der Waals surface area contributed by atoms with Crippen LogP contribution in [0.25, 0.3) is 22.4 Å². The number of furan rings is 1. The predicted molar refractivity (Wildman–Crippen MR) is 114 cm³/mol. The number of aromatic nitrogens is 1.